The van der Waals surface area contributed by atoms with Crippen molar-refractivity contribution in [2.75, 3.05) is 37.7 Å². The number of amides is 3. The summed E-state index contributed by atoms with van der Waals surface area (Å²) in [6, 6.07) is 23.5. The molecular formula is C31H31N3O4S. The lowest BCUT2D eigenvalue weighted by molar-refractivity contribution is -0.114. The smallest absolute Gasteiger partial charge is 0.409 e. The molecule has 200 valence electrons. The minimum atomic E-state index is -0.336. The van der Waals surface area contributed by atoms with Crippen LogP contribution in [0.5, 0.6) is 0 Å². The average molecular weight is 542 g/mol. The van der Waals surface area contributed by atoms with Crippen molar-refractivity contribution in [2.24, 2.45) is 0 Å². The highest BCUT2D eigenvalue weighted by Gasteiger charge is 2.29. The lowest BCUT2D eigenvalue weighted by Crippen LogP contribution is -2.50. The van der Waals surface area contributed by atoms with Crippen molar-refractivity contribution in [3.8, 4) is 0 Å². The second kappa shape index (κ2) is 11.8. The number of benzene rings is 3. The third-order valence-electron chi connectivity index (χ3n) is 6.80. The topological polar surface area (TPSA) is 70.2 Å². The number of rotatable bonds is 5. The molecule has 5 rings (SSSR count). The molecule has 0 unspecified atom stereocenters. The molecule has 3 aromatic carbocycles. The lowest BCUT2D eigenvalue weighted by atomic mass is 10.1. The summed E-state index contributed by atoms with van der Waals surface area (Å²) < 4.78 is 5.05. The number of nitrogens with zero attached hydrogens (tertiary/aromatic N) is 3. The SMILES string of the molecule is CCOC(=O)N1CCN(C(=O)c2ccc(C=C3Sc4ccccc4N(Cc4cccc(C)c4)C3=O)cc2)CC1. The van der Waals surface area contributed by atoms with Crippen LogP contribution in [-0.4, -0.2) is 60.5 Å². The van der Waals surface area contributed by atoms with Crippen molar-refractivity contribution >= 4 is 41.4 Å². The number of thioether (sulfide) groups is 1. The van der Waals surface area contributed by atoms with Crippen LogP contribution in [0, 0.1) is 6.92 Å². The van der Waals surface area contributed by atoms with E-state index in [1.807, 2.05) is 59.5 Å². The van der Waals surface area contributed by atoms with Crippen LogP contribution in [0.15, 0.2) is 82.6 Å². The third-order valence-corrected chi connectivity index (χ3v) is 7.88. The van der Waals surface area contributed by atoms with Gasteiger partial charge in [-0.05, 0) is 55.3 Å². The van der Waals surface area contributed by atoms with Gasteiger partial charge in [-0.1, -0.05) is 65.9 Å². The van der Waals surface area contributed by atoms with Crippen LogP contribution in [0.25, 0.3) is 6.08 Å². The van der Waals surface area contributed by atoms with E-state index in [1.165, 1.54) is 11.8 Å². The van der Waals surface area contributed by atoms with Gasteiger partial charge in [0.2, 0.25) is 0 Å². The van der Waals surface area contributed by atoms with E-state index in [0.29, 0.717) is 49.8 Å². The summed E-state index contributed by atoms with van der Waals surface area (Å²) in [4.78, 5) is 45.5. The molecule has 1 saturated heterocycles. The lowest BCUT2D eigenvalue weighted by Gasteiger charge is -2.34. The Bertz CT molecular complexity index is 1410. The fourth-order valence-electron chi connectivity index (χ4n) is 4.77. The van der Waals surface area contributed by atoms with E-state index in [1.54, 1.807) is 28.9 Å². The summed E-state index contributed by atoms with van der Waals surface area (Å²) in [5.74, 6) is -0.112. The number of anilines is 1. The zero-order valence-electron chi connectivity index (χ0n) is 22.1. The monoisotopic (exact) mass is 541 g/mol. The van der Waals surface area contributed by atoms with E-state index in [-0.39, 0.29) is 17.9 Å². The van der Waals surface area contributed by atoms with Crippen LogP contribution in [0.4, 0.5) is 10.5 Å². The summed E-state index contributed by atoms with van der Waals surface area (Å²) in [5, 5.41) is 0. The number of hydrogen-bond acceptors (Lipinski definition) is 5. The third kappa shape index (κ3) is 6.01. The number of carbonyl (C=O) groups is 3. The van der Waals surface area contributed by atoms with E-state index < -0.39 is 0 Å². The average Bonchev–Trinajstić information content (AvgIpc) is 2.95. The summed E-state index contributed by atoms with van der Waals surface area (Å²) in [6.45, 7) is 6.49. The van der Waals surface area contributed by atoms with Gasteiger partial charge < -0.3 is 19.4 Å². The van der Waals surface area contributed by atoms with Crippen molar-refractivity contribution in [3.63, 3.8) is 0 Å². The van der Waals surface area contributed by atoms with E-state index in [0.717, 1.165) is 27.3 Å². The second-order valence-electron chi connectivity index (χ2n) is 9.56. The molecule has 2 aliphatic rings. The molecule has 0 spiro atoms. The minimum Gasteiger partial charge on any atom is -0.450 e. The van der Waals surface area contributed by atoms with Gasteiger partial charge in [-0.2, -0.15) is 0 Å². The molecule has 0 N–H and O–H groups in total. The highest BCUT2D eigenvalue weighted by molar-refractivity contribution is 8.04. The number of ether oxygens (including phenoxy) is 1. The van der Waals surface area contributed by atoms with E-state index in [9.17, 15) is 14.4 Å². The zero-order chi connectivity index (χ0) is 27.4. The van der Waals surface area contributed by atoms with Crippen LogP contribution < -0.4 is 4.90 Å². The molecule has 0 aromatic heterocycles. The first kappa shape index (κ1) is 26.6. The van der Waals surface area contributed by atoms with Gasteiger partial charge in [0.1, 0.15) is 0 Å². The molecule has 0 aliphatic carbocycles. The van der Waals surface area contributed by atoms with Crippen LogP contribution in [0.1, 0.15) is 34.0 Å². The van der Waals surface area contributed by atoms with Crippen molar-refractivity contribution in [3.05, 3.63) is 100.0 Å². The number of hydrogen-bond donors (Lipinski definition) is 0. The highest BCUT2D eigenvalue weighted by atomic mass is 32.2. The van der Waals surface area contributed by atoms with Crippen molar-refractivity contribution in [2.45, 2.75) is 25.3 Å². The van der Waals surface area contributed by atoms with Crippen LogP contribution in [0.3, 0.4) is 0 Å². The van der Waals surface area contributed by atoms with Gasteiger partial charge in [-0.15, -0.1) is 0 Å². The van der Waals surface area contributed by atoms with Gasteiger partial charge in [0.05, 0.1) is 23.7 Å². The van der Waals surface area contributed by atoms with Gasteiger partial charge in [-0.3, -0.25) is 9.59 Å². The molecule has 2 heterocycles. The largest absolute Gasteiger partial charge is 0.450 e. The van der Waals surface area contributed by atoms with Crippen molar-refractivity contribution < 1.29 is 19.1 Å². The Morgan fingerprint density at radius 3 is 2.36 bits per heavy atom. The van der Waals surface area contributed by atoms with Gasteiger partial charge >= 0.3 is 6.09 Å². The van der Waals surface area contributed by atoms with E-state index in [4.69, 9.17) is 4.74 Å². The first-order valence-electron chi connectivity index (χ1n) is 13.1. The first-order valence-corrected chi connectivity index (χ1v) is 13.9. The van der Waals surface area contributed by atoms with Gasteiger partial charge in [-0.25, -0.2) is 4.79 Å². The molecule has 7 nitrogen and oxygen atoms in total. The predicted molar refractivity (Wildman–Crippen MR) is 154 cm³/mol. The van der Waals surface area contributed by atoms with Crippen molar-refractivity contribution in [1.82, 2.24) is 9.80 Å². The summed E-state index contributed by atoms with van der Waals surface area (Å²) in [7, 11) is 0. The Labute approximate surface area is 233 Å². The maximum atomic E-state index is 13.6. The molecule has 1 fully saturated rings. The Hall–Kier alpha value is -4.04. The molecule has 0 saturated carbocycles. The Kier molecular flexibility index (Phi) is 8.02. The molecule has 3 aromatic rings. The second-order valence-corrected chi connectivity index (χ2v) is 10.6. The summed E-state index contributed by atoms with van der Waals surface area (Å²) in [6.07, 6.45) is 1.55. The van der Waals surface area contributed by atoms with E-state index >= 15 is 0 Å². The predicted octanol–water partition coefficient (Wildman–Crippen LogP) is 5.59. The number of aryl methyl sites for hydroxylation is 1. The summed E-state index contributed by atoms with van der Waals surface area (Å²) in [5.41, 5.74) is 4.58. The minimum absolute atomic E-state index is 0.0418. The molecule has 0 atom stereocenters. The fourth-order valence-corrected chi connectivity index (χ4v) is 5.83. The summed E-state index contributed by atoms with van der Waals surface area (Å²) >= 11 is 1.47. The van der Waals surface area contributed by atoms with Crippen LogP contribution in [0.2, 0.25) is 0 Å². The molecule has 39 heavy (non-hydrogen) atoms. The standard InChI is InChI=1S/C31H31N3O4S/c1-3-38-31(37)33-17-15-32(16-18-33)29(35)25-13-11-23(12-14-25)20-28-30(36)34(21-24-8-6-7-22(2)19-24)26-9-4-5-10-27(26)39-28/h4-14,19-20H,3,15-18,21H2,1-2H3. The normalized spacial score (nSPS) is 16.3. The quantitative estimate of drug-likeness (QED) is 0.394. The molecule has 8 heteroatoms. The van der Waals surface area contributed by atoms with Gasteiger partial charge in [0.15, 0.2) is 0 Å². The molecule has 0 bridgehead atoms. The first-order chi connectivity index (χ1) is 18.9. The number of piperazine rings is 1. The number of carbonyl (C=O) groups excluding carboxylic acids is 3. The molecular weight excluding hydrogens is 510 g/mol. The maximum absolute atomic E-state index is 13.6. The van der Waals surface area contributed by atoms with Crippen LogP contribution in [-0.2, 0) is 16.1 Å². The molecule has 2 aliphatic heterocycles. The fraction of sp³-hybridized carbons (Fsp3) is 0.258. The molecule has 3 amide bonds. The van der Waals surface area contributed by atoms with Crippen LogP contribution >= 0.6 is 11.8 Å². The Morgan fingerprint density at radius 1 is 0.923 bits per heavy atom. The van der Waals surface area contributed by atoms with Gasteiger partial charge in [0, 0.05) is 36.6 Å². The zero-order valence-corrected chi connectivity index (χ0v) is 22.9. The van der Waals surface area contributed by atoms with Gasteiger partial charge in [0.25, 0.3) is 11.8 Å². The highest BCUT2D eigenvalue weighted by Crippen LogP contribution is 2.42. The Balaban J connectivity index is 1.30. The molecule has 0 radical (unpaired) electrons. The number of fused-ring (bicyclic) bond motifs is 1. The van der Waals surface area contributed by atoms with E-state index in [2.05, 4.69) is 19.1 Å². The Morgan fingerprint density at radius 2 is 1.64 bits per heavy atom. The number of para-hydroxylation sites is 1. The van der Waals surface area contributed by atoms with Crippen molar-refractivity contribution in [1.29, 1.82) is 0 Å². The maximum Gasteiger partial charge on any atom is 0.409 e.